The van der Waals surface area contributed by atoms with Gasteiger partial charge in [0, 0.05) is 11.5 Å². The van der Waals surface area contributed by atoms with Crippen molar-refractivity contribution in [1.82, 2.24) is 4.98 Å². The lowest BCUT2D eigenvalue weighted by molar-refractivity contribution is -0.123. The first-order valence-corrected chi connectivity index (χ1v) is 7.94. The number of carbonyl (C=O) groups excluding carboxylic acids is 2. The Labute approximate surface area is 151 Å². The molecule has 0 aliphatic rings. The van der Waals surface area contributed by atoms with E-state index in [0.29, 0.717) is 16.8 Å². The summed E-state index contributed by atoms with van der Waals surface area (Å²) in [6.07, 6.45) is -1.28. The van der Waals surface area contributed by atoms with Crippen LogP contribution < -0.4 is 10.9 Å². The minimum absolute atomic E-state index is 0.119. The van der Waals surface area contributed by atoms with Gasteiger partial charge in [-0.05, 0) is 36.6 Å². The average molecular weight is 372 g/mol. The number of pyridine rings is 1. The molecule has 1 heterocycles. The van der Waals surface area contributed by atoms with Crippen LogP contribution in [0.1, 0.15) is 17.4 Å². The lowest BCUT2D eigenvalue weighted by Gasteiger charge is -2.14. The first-order valence-electron chi connectivity index (χ1n) is 7.94. The van der Waals surface area contributed by atoms with Gasteiger partial charge in [0.2, 0.25) is 0 Å². The Morgan fingerprint density at radius 1 is 1.11 bits per heavy atom. The van der Waals surface area contributed by atoms with E-state index in [1.54, 1.807) is 24.3 Å². The van der Waals surface area contributed by atoms with Gasteiger partial charge in [-0.2, -0.15) is 0 Å². The molecule has 138 valence electrons. The van der Waals surface area contributed by atoms with Crippen molar-refractivity contribution in [1.29, 1.82) is 0 Å². The highest BCUT2D eigenvalue weighted by molar-refractivity contribution is 5.98. The van der Waals surface area contributed by atoms with Crippen LogP contribution in [0.15, 0.2) is 53.3 Å². The quantitative estimate of drug-likeness (QED) is 0.689. The summed E-state index contributed by atoms with van der Waals surface area (Å²) >= 11 is 0. The standard InChI is InChI=1S/C19H14F2N2O4/c1-10(17(24)22-15-7-6-12(20)9-14(15)21)27-19(26)16-8-11-4-2-3-5-13(11)18(25)23-16/h2-10H,1H3,(H,22,24)(H,23,25)/t10-/m0/s1. The van der Waals surface area contributed by atoms with Crippen LogP contribution in [0, 0.1) is 11.6 Å². The highest BCUT2D eigenvalue weighted by Gasteiger charge is 2.21. The number of anilines is 1. The predicted molar refractivity (Wildman–Crippen MR) is 94.4 cm³/mol. The van der Waals surface area contributed by atoms with Crippen molar-refractivity contribution in [2.75, 3.05) is 5.32 Å². The number of ether oxygens (including phenoxy) is 1. The Morgan fingerprint density at radius 3 is 2.59 bits per heavy atom. The van der Waals surface area contributed by atoms with Crippen LogP contribution in [-0.4, -0.2) is 23.0 Å². The molecule has 0 saturated heterocycles. The van der Waals surface area contributed by atoms with Gasteiger partial charge in [0.15, 0.2) is 6.10 Å². The normalized spacial score (nSPS) is 11.8. The summed E-state index contributed by atoms with van der Waals surface area (Å²) in [7, 11) is 0. The fourth-order valence-corrected chi connectivity index (χ4v) is 2.42. The van der Waals surface area contributed by atoms with E-state index in [9.17, 15) is 23.2 Å². The molecular formula is C19H14F2N2O4. The molecule has 1 atom stereocenters. The number of aromatic nitrogens is 1. The minimum atomic E-state index is -1.28. The second-order valence-electron chi connectivity index (χ2n) is 5.76. The van der Waals surface area contributed by atoms with E-state index in [2.05, 4.69) is 10.3 Å². The molecule has 3 rings (SSSR count). The maximum Gasteiger partial charge on any atom is 0.355 e. The van der Waals surface area contributed by atoms with Crippen LogP contribution in [0.2, 0.25) is 0 Å². The molecular weight excluding hydrogens is 358 g/mol. The van der Waals surface area contributed by atoms with Gasteiger partial charge in [0.25, 0.3) is 11.5 Å². The fraction of sp³-hybridized carbons (Fsp3) is 0.105. The largest absolute Gasteiger partial charge is 0.448 e. The number of esters is 1. The smallest absolute Gasteiger partial charge is 0.355 e. The maximum atomic E-state index is 13.6. The van der Waals surface area contributed by atoms with Gasteiger partial charge < -0.3 is 15.0 Å². The van der Waals surface area contributed by atoms with E-state index < -0.39 is 35.2 Å². The number of carbonyl (C=O) groups is 2. The molecule has 1 amide bonds. The first-order chi connectivity index (χ1) is 12.8. The van der Waals surface area contributed by atoms with Gasteiger partial charge in [-0.15, -0.1) is 0 Å². The summed E-state index contributed by atoms with van der Waals surface area (Å²) in [5.41, 5.74) is -0.833. The van der Waals surface area contributed by atoms with E-state index in [0.717, 1.165) is 12.1 Å². The van der Waals surface area contributed by atoms with Crippen molar-refractivity contribution >= 4 is 28.3 Å². The number of aromatic amines is 1. The van der Waals surface area contributed by atoms with Crippen molar-refractivity contribution in [3.05, 3.63) is 76.2 Å². The van der Waals surface area contributed by atoms with E-state index >= 15 is 0 Å². The Hall–Kier alpha value is -3.55. The number of hydrogen-bond donors (Lipinski definition) is 2. The number of halogens is 2. The van der Waals surface area contributed by atoms with Crippen LogP contribution in [0.25, 0.3) is 10.8 Å². The zero-order valence-corrected chi connectivity index (χ0v) is 14.1. The van der Waals surface area contributed by atoms with Gasteiger partial charge in [-0.3, -0.25) is 9.59 Å². The number of nitrogens with one attached hydrogen (secondary N) is 2. The number of amides is 1. The molecule has 2 aromatic carbocycles. The van der Waals surface area contributed by atoms with E-state index in [1.165, 1.54) is 13.0 Å². The van der Waals surface area contributed by atoms with Crippen LogP contribution in [-0.2, 0) is 9.53 Å². The lowest BCUT2D eigenvalue weighted by Crippen LogP contribution is -2.31. The minimum Gasteiger partial charge on any atom is -0.448 e. The van der Waals surface area contributed by atoms with E-state index in [-0.39, 0.29) is 11.4 Å². The lowest BCUT2D eigenvalue weighted by atomic mass is 10.1. The van der Waals surface area contributed by atoms with Crippen LogP contribution >= 0.6 is 0 Å². The molecule has 0 aliphatic carbocycles. The Bertz CT molecular complexity index is 1090. The summed E-state index contributed by atoms with van der Waals surface area (Å²) in [4.78, 5) is 38.7. The molecule has 0 aliphatic heterocycles. The number of H-pyrrole nitrogens is 1. The average Bonchev–Trinajstić information content (AvgIpc) is 2.63. The summed E-state index contributed by atoms with van der Waals surface area (Å²) < 4.78 is 31.5. The third-order valence-electron chi connectivity index (χ3n) is 3.82. The monoisotopic (exact) mass is 372 g/mol. The second-order valence-corrected chi connectivity index (χ2v) is 5.76. The van der Waals surface area contributed by atoms with Crippen molar-refractivity contribution < 1.29 is 23.1 Å². The summed E-state index contributed by atoms with van der Waals surface area (Å²) in [5, 5.41) is 3.15. The summed E-state index contributed by atoms with van der Waals surface area (Å²) in [5.74, 6) is -3.47. The Balaban J connectivity index is 1.73. The molecule has 0 spiro atoms. The molecule has 3 aromatic rings. The number of benzene rings is 2. The van der Waals surface area contributed by atoms with Gasteiger partial charge in [0.1, 0.15) is 17.3 Å². The molecule has 1 aromatic heterocycles. The zero-order chi connectivity index (χ0) is 19.6. The number of hydrogen-bond acceptors (Lipinski definition) is 4. The fourth-order valence-electron chi connectivity index (χ4n) is 2.42. The van der Waals surface area contributed by atoms with Gasteiger partial charge in [-0.25, -0.2) is 13.6 Å². The SMILES string of the molecule is C[C@H](OC(=O)c1cc2ccccc2c(=O)[nH]1)C(=O)Nc1ccc(F)cc1F. The molecule has 0 saturated carbocycles. The van der Waals surface area contributed by atoms with E-state index in [1.807, 2.05) is 0 Å². The third kappa shape index (κ3) is 4.00. The highest BCUT2D eigenvalue weighted by atomic mass is 19.1. The van der Waals surface area contributed by atoms with Crippen LogP contribution in [0.3, 0.4) is 0 Å². The molecule has 0 fully saturated rings. The van der Waals surface area contributed by atoms with Gasteiger partial charge in [-0.1, -0.05) is 18.2 Å². The summed E-state index contributed by atoms with van der Waals surface area (Å²) in [6, 6.07) is 10.8. The van der Waals surface area contributed by atoms with Crippen molar-refractivity contribution in [2.45, 2.75) is 13.0 Å². The first kappa shape index (κ1) is 18.2. The van der Waals surface area contributed by atoms with Crippen molar-refractivity contribution in [3.8, 4) is 0 Å². The topological polar surface area (TPSA) is 88.3 Å². The van der Waals surface area contributed by atoms with Crippen molar-refractivity contribution in [2.24, 2.45) is 0 Å². The van der Waals surface area contributed by atoms with Gasteiger partial charge in [0.05, 0.1) is 5.69 Å². The Morgan fingerprint density at radius 2 is 1.85 bits per heavy atom. The zero-order valence-electron chi connectivity index (χ0n) is 14.1. The van der Waals surface area contributed by atoms with Crippen molar-refractivity contribution in [3.63, 3.8) is 0 Å². The molecule has 6 nitrogen and oxygen atoms in total. The van der Waals surface area contributed by atoms with E-state index in [4.69, 9.17) is 4.74 Å². The van der Waals surface area contributed by atoms with Gasteiger partial charge >= 0.3 is 5.97 Å². The molecule has 2 N–H and O–H groups in total. The Kier molecular flexibility index (Phi) is 4.98. The molecule has 0 bridgehead atoms. The van der Waals surface area contributed by atoms with Crippen LogP contribution in [0.5, 0.6) is 0 Å². The summed E-state index contributed by atoms with van der Waals surface area (Å²) in [6.45, 7) is 1.29. The molecule has 8 heteroatoms. The highest BCUT2D eigenvalue weighted by Crippen LogP contribution is 2.16. The molecule has 0 radical (unpaired) electrons. The second kappa shape index (κ2) is 7.36. The number of rotatable bonds is 4. The van der Waals surface area contributed by atoms with Crippen LogP contribution in [0.4, 0.5) is 14.5 Å². The third-order valence-corrected chi connectivity index (χ3v) is 3.82. The molecule has 27 heavy (non-hydrogen) atoms. The predicted octanol–water partition coefficient (Wildman–Crippen LogP) is 2.99. The maximum absolute atomic E-state index is 13.6. The molecule has 0 unspecified atom stereocenters. The number of fused-ring (bicyclic) bond motifs is 1.